The van der Waals surface area contributed by atoms with Crippen molar-refractivity contribution >= 4 is 79.0 Å². The van der Waals surface area contributed by atoms with Crippen LogP contribution < -0.4 is 26.2 Å². The van der Waals surface area contributed by atoms with Gasteiger partial charge in [-0.3, -0.25) is 0 Å². The van der Waals surface area contributed by atoms with Crippen molar-refractivity contribution < 1.29 is 0 Å². The number of hydrogen-bond donors (Lipinski definition) is 0. The monoisotopic (exact) mass is 1260 g/mol. The Morgan fingerprint density at radius 1 is 0.316 bits per heavy atom. The standard InChI is InChI=1S/C90H68BN7/c1-89(2,3)69-39-48-81-76(55-69)91-77-56-70(90(4,5)6)40-49-82(77)97(72-43-35-63(36-44-72)60-24-14-8-15-25-60)84-54-68(53-83(85(84)91)96(81)71-41-33-62(34-42-71)59-22-12-7-13-23-59)67-38-47-79-74(52-67)73-51-66(61-26-16-9-17-27-61)37-46-78(73)98(79)80-45-32-58(57-92)50-75(80)88-94-86(64-28-18-10-19-29-64)93-87(95-88)65-30-20-11-21-31-65/h7-56H,1-6H3. The van der Waals surface area contributed by atoms with E-state index in [1.54, 1.807) is 0 Å². The van der Waals surface area contributed by atoms with Crippen LogP contribution in [0.2, 0.25) is 0 Å². The SMILES string of the molecule is CC(C)(C)c1ccc2c(c1)B1c3cc(C(C)(C)C)ccc3N(c3ccc(-c4ccccc4)cc3)c3cc(-c4ccc5c(c4)c4cc(-c6ccccc6)ccc4n5-c4ccc(C#N)cc4-c4nc(-c5ccccc5)nc(-c5ccccc5)n4)cc(c31)N2c1ccc(-c2ccccc2)cc1. The number of anilines is 6. The maximum absolute atomic E-state index is 10.7. The molecule has 2 aromatic heterocycles. The Hall–Kier alpha value is -12.2. The van der Waals surface area contributed by atoms with Crippen LogP contribution in [0.3, 0.4) is 0 Å². The molecule has 0 radical (unpaired) electrons. The van der Waals surface area contributed by atoms with E-state index < -0.39 is 0 Å². The number of nitrogens with zero attached hydrogens (tertiary/aromatic N) is 7. The summed E-state index contributed by atoms with van der Waals surface area (Å²) in [5.41, 5.74) is 27.7. The molecule has 2 aliphatic rings. The van der Waals surface area contributed by atoms with Gasteiger partial charge in [0.2, 0.25) is 0 Å². The highest BCUT2D eigenvalue weighted by molar-refractivity contribution is 7.00. The molecule has 0 atom stereocenters. The first kappa shape index (κ1) is 59.6. The van der Waals surface area contributed by atoms with Gasteiger partial charge < -0.3 is 14.4 Å². The molecule has 2 aliphatic heterocycles. The molecule has 7 nitrogen and oxygen atoms in total. The first-order chi connectivity index (χ1) is 47.8. The molecule has 8 heteroatoms. The fourth-order valence-electron chi connectivity index (χ4n) is 14.7. The Morgan fingerprint density at radius 2 is 0.684 bits per heavy atom. The number of aromatic nitrogens is 4. The van der Waals surface area contributed by atoms with E-state index in [0.29, 0.717) is 28.6 Å². The van der Waals surface area contributed by atoms with Gasteiger partial charge in [0.25, 0.3) is 6.71 Å². The van der Waals surface area contributed by atoms with Crippen LogP contribution >= 0.6 is 0 Å². The van der Waals surface area contributed by atoms with E-state index in [1.807, 2.05) is 72.8 Å². The van der Waals surface area contributed by atoms with E-state index in [2.05, 4.69) is 293 Å². The minimum Gasteiger partial charge on any atom is -0.311 e. The molecule has 4 heterocycles. The first-order valence-electron chi connectivity index (χ1n) is 33.7. The Balaban J connectivity index is 0.934. The molecule has 0 amide bonds. The fourth-order valence-corrected chi connectivity index (χ4v) is 14.7. The molecule has 15 aromatic rings. The van der Waals surface area contributed by atoms with Crippen molar-refractivity contribution in [1.82, 2.24) is 19.5 Å². The summed E-state index contributed by atoms with van der Waals surface area (Å²) in [6, 6.07) is 112. The maximum atomic E-state index is 10.7. The molecule has 0 saturated carbocycles. The lowest BCUT2D eigenvalue weighted by molar-refractivity contribution is 0.590. The van der Waals surface area contributed by atoms with Crippen LogP contribution in [0, 0.1) is 11.3 Å². The molecular weight excluding hydrogens is 1190 g/mol. The number of benzene rings is 13. The van der Waals surface area contributed by atoms with Gasteiger partial charge in [-0.2, -0.15) is 5.26 Å². The van der Waals surface area contributed by atoms with Crippen molar-refractivity contribution in [2.24, 2.45) is 0 Å². The largest absolute Gasteiger partial charge is 0.311 e. The lowest BCUT2D eigenvalue weighted by Gasteiger charge is -2.45. The van der Waals surface area contributed by atoms with Crippen molar-refractivity contribution in [1.29, 1.82) is 5.26 Å². The van der Waals surface area contributed by atoms with Crippen molar-refractivity contribution in [2.45, 2.75) is 52.4 Å². The number of nitriles is 1. The highest BCUT2D eigenvalue weighted by atomic mass is 15.2. The molecule has 0 aliphatic carbocycles. The third-order valence-electron chi connectivity index (χ3n) is 19.8. The zero-order valence-electron chi connectivity index (χ0n) is 55.6. The topological polar surface area (TPSA) is 73.9 Å². The summed E-state index contributed by atoms with van der Waals surface area (Å²) in [5, 5.41) is 12.8. The predicted octanol–water partition coefficient (Wildman–Crippen LogP) is 21.2. The summed E-state index contributed by atoms with van der Waals surface area (Å²) in [7, 11) is 0. The van der Waals surface area contributed by atoms with Crippen LogP contribution in [-0.2, 0) is 10.8 Å². The number of fused-ring (bicyclic) bond motifs is 7. The van der Waals surface area contributed by atoms with Gasteiger partial charge >= 0.3 is 0 Å². The van der Waals surface area contributed by atoms with E-state index in [0.717, 1.165) is 106 Å². The Morgan fingerprint density at radius 3 is 1.10 bits per heavy atom. The second-order valence-electron chi connectivity index (χ2n) is 28.0. The van der Waals surface area contributed by atoms with Crippen LogP contribution in [0.25, 0.3) is 106 Å². The summed E-state index contributed by atoms with van der Waals surface area (Å²) in [5.74, 6) is 1.54. The van der Waals surface area contributed by atoms with Gasteiger partial charge in [0.15, 0.2) is 17.5 Å². The van der Waals surface area contributed by atoms with Gasteiger partial charge in [-0.1, -0.05) is 254 Å². The van der Waals surface area contributed by atoms with Gasteiger partial charge in [-0.05, 0) is 174 Å². The van der Waals surface area contributed by atoms with Gasteiger partial charge in [-0.25, -0.2) is 15.0 Å². The molecule has 98 heavy (non-hydrogen) atoms. The lowest BCUT2D eigenvalue weighted by Crippen LogP contribution is -2.61. The predicted molar refractivity (Wildman–Crippen MR) is 408 cm³/mol. The second-order valence-corrected chi connectivity index (χ2v) is 28.0. The Labute approximate surface area is 573 Å². The zero-order chi connectivity index (χ0) is 66.4. The van der Waals surface area contributed by atoms with E-state index in [-0.39, 0.29) is 17.5 Å². The van der Waals surface area contributed by atoms with E-state index in [4.69, 9.17) is 15.0 Å². The summed E-state index contributed by atoms with van der Waals surface area (Å²) < 4.78 is 2.34. The van der Waals surface area contributed by atoms with E-state index >= 15 is 0 Å². The van der Waals surface area contributed by atoms with Gasteiger partial charge in [0, 0.05) is 61.6 Å². The molecule has 466 valence electrons. The fraction of sp³-hybridized carbons (Fsp3) is 0.0889. The molecule has 13 aromatic carbocycles. The molecule has 0 unspecified atom stereocenters. The van der Waals surface area contributed by atoms with E-state index in [9.17, 15) is 5.26 Å². The van der Waals surface area contributed by atoms with Gasteiger partial charge in [-0.15, -0.1) is 0 Å². The second kappa shape index (κ2) is 23.6. The highest BCUT2D eigenvalue weighted by Crippen LogP contribution is 2.49. The van der Waals surface area contributed by atoms with Crippen molar-refractivity contribution in [2.75, 3.05) is 9.80 Å². The summed E-state index contributed by atoms with van der Waals surface area (Å²) in [6.45, 7) is 13.9. The summed E-state index contributed by atoms with van der Waals surface area (Å²) in [6.07, 6.45) is 0. The average molecular weight is 1260 g/mol. The third kappa shape index (κ3) is 10.4. The van der Waals surface area contributed by atoms with Crippen LogP contribution in [0.4, 0.5) is 34.1 Å². The van der Waals surface area contributed by atoms with Crippen LogP contribution in [-0.4, -0.2) is 26.2 Å². The smallest absolute Gasteiger partial charge is 0.252 e. The molecule has 17 rings (SSSR count). The van der Waals surface area contributed by atoms with E-state index in [1.165, 1.54) is 38.6 Å². The van der Waals surface area contributed by atoms with Crippen molar-refractivity contribution in [3.05, 3.63) is 320 Å². The highest BCUT2D eigenvalue weighted by Gasteiger charge is 2.45. The van der Waals surface area contributed by atoms with Crippen molar-refractivity contribution in [3.8, 4) is 90.4 Å². The summed E-state index contributed by atoms with van der Waals surface area (Å²) >= 11 is 0. The number of hydrogen-bond acceptors (Lipinski definition) is 6. The first-order valence-corrected chi connectivity index (χ1v) is 33.7. The van der Waals surface area contributed by atoms with Crippen LogP contribution in [0.1, 0.15) is 58.2 Å². The molecule has 0 bridgehead atoms. The Kier molecular flexibility index (Phi) is 14.4. The van der Waals surface area contributed by atoms with Gasteiger partial charge in [0.05, 0.1) is 28.4 Å². The normalized spacial score (nSPS) is 12.5. The summed E-state index contributed by atoms with van der Waals surface area (Å²) in [4.78, 5) is 20.7. The Bertz CT molecular complexity index is 5400. The van der Waals surface area contributed by atoms with Crippen molar-refractivity contribution in [3.63, 3.8) is 0 Å². The number of rotatable bonds is 10. The molecular formula is C90H68BN7. The third-order valence-corrected chi connectivity index (χ3v) is 19.8. The zero-order valence-corrected chi connectivity index (χ0v) is 55.6. The minimum atomic E-state index is -0.114. The minimum absolute atomic E-state index is 0.112. The molecule has 0 N–H and O–H groups in total. The average Bonchev–Trinajstić information content (AvgIpc) is 0.896. The maximum Gasteiger partial charge on any atom is 0.252 e. The van der Waals surface area contributed by atoms with Crippen LogP contribution in [0.5, 0.6) is 0 Å². The molecule has 0 fully saturated rings. The molecule has 0 spiro atoms. The van der Waals surface area contributed by atoms with Gasteiger partial charge in [0.1, 0.15) is 0 Å². The molecule has 0 saturated heterocycles. The lowest BCUT2D eigenvalue weighted by atomic mass is 9.33. The quantitative estimate of drug-likeness (QED) is 0.127. The van der Waals surface area contributed by atoms with Crippen LogP contribution in [0.15, 0.2) is 303 Å².